The van der Waals surface area contributed by atoms with Gasteiger partial charge in [-0.3, -0.25) is 9.69 Å². The second-order valence-electron chi connectivity index (χ2n) is 5.65. The molecule has 3 nitrogen and oxygen atoms in total. The first kappa shape index (κ1) is 12.9. The first-order valence-corrected chi connectivity index (χ1v) is 7.25. The third-order valence-corrected chi connectivity index (χ3v) is 4.40. The summed E-state index contributed by atoms with van der Waals surface area (Å²) in [4.78, 5) is 17.0. The number of nitrogens with zero attached hydrogens (tertiary/aromatic N) is 2. The summed E-state index contributed by atoms with van der Waals surface area (Å²) in [6.45, 7) is 8.55. The van der Waals surface area contributed by atoms with Gasteiger partial charge in [0.15, 0.2) is 0 Å². The van der Waals surface area contributed by atoms with E-state index in [4.69, 9.17) is 0 Å². The van der Waals surface area contributed by atoms with Gasteiger partial charge >= 0.3 is 0 Å². The third kappa shape index (κ3) is 3.01. The molecule has 0 aliphatic carbocycles. The Bertz CT molecular complexity index is 259. The van der Waals surface area contributed by atoms with E-state index in [0.29, 0.717) is 5.91 Å². The van der Waals surface area contributed by atoms with E-state index in [1.807, 2.05) is 0 Å². The first-order valence-electron chi connectivity index (χ1n) is 7.25. The minimum atomic E-state index is 0.183. The molecule has 1 amide bonds. The standard InChI is InChI=1S/C14H26N2O/c1-3-15-9-5-4-6-13(15)14(17)16-10-7-12(2)8-11-16/h12-13H,3-11H2,1-2H3. The molecule has 17 heavy (non-hydrogen) atoms. The fourth-order valence-corrected chi connectivity index (χ4v) is 3.09. The number of hydrogen-bond donors (Lipinski definition) is 0. The number of piperidine rings is 2. The van der Waals surface area contributed by atoms with Gasteiger partial charge in [-0.05, 0) is 44.7 Å². The maximum absolute atomic E-state index is 12.5. The molecule has 1 atom stereocenters. The fourth-order valence-electron chi connectivity index (χ4n) is 3.09. The van der Waals surface area contributed by atoms with Crippen molar-refractivity contribution in [2.24, 2.45) is 5.92 Å². The molecule has 0 aromatic heterocycles. The van der Waals surface area contributed by atoms with Crippen LogP contribution in [0.25, 0.3) is 0 Å². The van der Waals surface area contributed by atoms with Crippen LogP contribution in [0.1, 0.15) is 46.0 Å². The SMILES string of the molecule is CCN1CCCCC1C(=O)N1CCC(C)CC1. The predicted molar refractivity (Wildman–Crippen MR) is 69.9 cm³/mol. The molecule has 0 saturated carbocycles. The molecule has 0 radical (unpaired) electrons. The molecule has 0 N–H and O–H groups in total. The number of likely N-dealkylation sites (N-methyl/N-ethyl adjacent to an activating group) is 1. The Balaban J connectivity index is 1.93. The van der Waals surface area contributed by atoms with E-state index < -0.39 is 0 Å². The largest absolute Gasteiger partial charge is 0.341 e. The molecule has 2 rings (SSSR count). The molecule has 0 spiro atoms. The Morgan fingerprint density at radius 2 is 1.82 bits per heavy atom. The van der Waals surface area contributed by atoms with Gasteiger partial charge < -0.3 is 4.90 Å². The summed E-state index contributed by atoms with van der Waals surface area (Å²) in [6, 6.07) is 0.183. The highest BCUT2D eigenvalue weighted by molar-refractivity contribution is 5.82. The summed E-state index contributed by atoms with van der Waals surface area (Å²) < 4.78 is 0. The van der Waals surface area contributed by atoms with E-state index in [9.17, 15) is 4.79 Å². The van der Waals surface area contributed by atoms with Crippen molar-refractivity contribution in [2.75, 3.05) is 26.2 Å². The average Bonchev–Trinajstić information content (AvgIpc) is 2.39. The van der Waals surface area contributed by atoms with E-state index in [1.165, 1.54) is 25.7 Å². The molecule has 0 bridgehead atoms. The molecular weight excluding hydrogens is 212 g/mol. The van der Waals surface area contributed by atoms with Crippen LogP contribution in [0.5, 0.6) is 0 Å². The number of hydrogen-bond acceptors (Lipinski definition) is 2. The van der Waals surface area contributed by atoms with Crippen molar-refractivity contribution in [1.82, 2.24) is 9.80 Å². The minimum absolute atomic E-state index is 0.183. The molecule has 0 aromatic carbocycles. The lowest BCUT2D eigenvalue weighted by Crippen LogP contribution is -2.52. The summed E-state index contributed by atoms with van der Waals surface area (Å²) in [5.74, 6) is 1.20. The van der Waals surface area contributed by atoms with E-state index >= 15 is 0 Å². The van der Waals surface area contributed by atoms with Gasteiger partial charge in [0.2, 0.25) is 5.91 Å². The number of likely N-dealkylation sites (tertiary alicyclic amines) is 2. The normalized spacial score (nSPS) is 28.4. The molecular formula is C14H26N2O. The second-order valence-corrected chi connectivity index (χ2v) is 5.65. The predicted octanol–water partition coefficient (Wildman–Crippen LogP) is 2.12. The summed E-state index contributed by atoms with van der Waals surface area (Å²) in [6.07, 6.45) is 5.92. The minimum Gasteiger partial charge on any atom is -0.341 e. The Kier molecular flexibility index (Phi) is 4.43. The Morgan fingerprint density at radius 3 is 2.47 bits per heavy atom. The zero-order valence-corrected chi connectivity index (χ0v) is 11.3. The maximum Gasteiger partial charge on any atom is 0.239 e. The number of carbonyl (C=O) groups excluding carboxylic acids is 1. The molecule has 3 heteroatoms. The van der Waals surface area contributed by atoms with Crippen LogP contribution in [-0.4, -0.2) is 47.9 Å². The average molecular weight is 238 g/mol. The molecule has 2 fully saturated rings. The molecule has 2 saturated heterocycles. The summed E-state index contributed by atoms with van der Waals surface area (Å²) in [7, 11) is 0. The van der Waals surface area contributed by atoms with Gasteiger partial charge in [-0.2, -0.15) is 0 Å². The highest BCUT2D eigenvalue weighted by atomic mass is 16.2. The second kappa shape index (κ2) is 5.85. The number of carbonyl (C=O) groups is 1. The first-order chi connectivity index (χ1) is 8.22. The third-order valence-electron chi connectivity index (χ3n) is 4.40. The van der Waals surface area contributed by atoms with Crippen molar-refractivity contribution in [3.05, 3.63) is 0 Å². The zero-order valence-electron chi connectivity index (χ0n) is 11.3. The lowest BCUT2D eigenvalue weighted by atomic mass is 9.96. The summed E-state index contributed by atoms with van der Waals surface area (Å²) in [5.41, 5.74) is 0. The highest BCUT2D eigenvalue weighted by Gasteiger charge is 2.32. The molecule has 1 unspecified atom stereocenters. The topological polar surface area (TPSA) is 23.6 Å². The van der Waals surface area contributed by atoms with Gasteiger partial charge in [-0.15, -0.1) is 0 Å². The summed E-state index contributed by atoms with van der Waals surface area (Å²) >= 11 is 0. The molecule has 2 aliphatic rings. The smallest absolute Gasteiger partial charge is 0.239 e. The van der Waals surface area contributed by atoms with E-state index in [2.05, 4.69) is 23.6 Å². The van der Waals surface area contributed by atoms with Gasteiger partial charge in [0, 0.05) is 13.1 Å². The number of rotatable bonds is 2. The van der Waals surface area contributed by atoms with Gasteiger partial charge in [-0.1, -0.05) is 20.3 Å². The lowest BCUT2D eigenvalue weighted by Gasteiger charge is -2.39. The Hall–Kier alpha value is -0.570. The van der Waals surface area contributed by atoms with Crippen molar-refractivity contribution in [2.45, 2.75) is 52.0 Å². The van der Waals surface area contributed by atoms with Crippen molar-refractivity contribution < 1.29 is 4.79 Å². The van der Waals surface area contributed by atoms with Crippen LogP contribution in [-0.2, 0) is 4.79 Å². The van der Waals surface area contributed by atoms with E-state index in [0.717, 1.165) is 38.5 Å². The Labute approximate surface area is 105 Å². The highest BCUT2D eigenvalue weighted by Crippen LogP contribution is 2.22. The van der Waals surface area contributed by atoms with Crippen molar-refractivity contribution in [3.8, 4) is 0 Å². The monoisotopic (exact) mass is 238 g/mol. The van der Waals surface area contributed by atoms with Crippen LogP contribution in [0, 0.1) is 5.92 Å². The zero-order chi connectivity index (χ0) is 12.3. The fraction of sp³-hybridized carbons (Fsp3) is 0.929. The lowest BCUT2D eigenvalue weighted by molar-refractivity contribution is -0.139. The van der Waals surface area contributed by atoms with Crippen molar-refractivity contribution in [3.63, 3.8) is 0 Å². The van der Waals surface area contributed by atoms with Crippen LogP contribution in [0.15, 0.2) is 0 Å². The maximum atomic E-state index is 12.5. The van der Waals surface area contributed by atoms with E-state index in [-0.39, 0.29) is 6.04 Å². The quantitative estimate of drug-likeness (QED) is 0.735. The van der Waals surface area contributed by atoms with Crippen LogP contribution in [0.2, 0.25) is 0 Å². The van der Waals surface area contributed by atoms with E-state index in [1.54, 1.807) is 0 Å². The van der Waals surface area contributed by atoms with Gasteiger partial charge in [0.05, 0.1) is 6.04 Å². The molecule has 2 aliphatic heterocycles. The van der Waals surface area contributed by atoms with Crippen LogP contribution in [0.4, 0.5) is 0 Å². The molecule has 2 heterocycles. The summed E-state index contributed by atoms with van der Waals surface area (Å²) in [5, 5.41) is 0. The molecule has 98 valence electrons. The van der Waals surface area contributed by atoms with Crippen LogP contribution >= 0.6 is 0 Å². The van der Waals surface area contributed by atoms with Gasteiger partial charge in [-0.25, -0.2) is 0 Å². The van der Waals surface area contributed by atoms with Gasteiger partial charge in [0.25, 0.3) is 0 Å². The van der Waals surface area contributed by atoms with Gasteiger partial charge in [0.1, 0.15) is 0 Å². The Morgan fingerprint density at radius 1 is 1.12 bits per heavy atom. The van der Waals surface area contributed by atoms with Crippen LogP contribution in [0.3, 0.4) is 0 Å². The molecule has 0 aromatic rings. The number of amides is 1. The van der Waals surface area contributed by atoms with Crippen LogP contribution < -0.4 is 0 Å². The van der Waals surface area contributed by atoms with Crippen molar-refractivity contribution >= 4 is 5.91 Å². The van der Waals surface area contributed by atoms with Crippen molar-refractivity contribution in [1.29, 1.82) is 0 Å².